The zero-order valence-corrected chi connectivity index (χ0v) is 8.04. The second-order valence-electron chi connectivity index (χ2n) is 2.51. The van der Waals surface area contributed by atoms with Gasteiger partial charge in [-0.15, -0.1) is 0 Å². The first-order valence-electron chi connectivity index (χ1n) is 3.82. The molecule has 0 aliphatic heterocycles. The molecule has 0 spiro atoms. The van der Waals surface area contributed by atoms with Gasteiger partial charge in [0.25, 0.3) is 0 Å². The van der Waals surface area contributed by atoms with E-state index in [0.717, 1.165) is 9.80 Å². The third-order valence-electron chi connectivity index (χ3n) is 1.35. The molecule has 0 aliphatic carbocycles. The van der Waals surface area contributed by atoms with Crippen LogP contribution in [-0.4, -0.2) is 11.1 Å². The molecule has 0 aliphatic rings. The van der Waals surface area contributed by atoms with Crippen LogP contribution in [0.4, 0.5) is 0 Å². The molecule has 0 unspecified atom stereocenters. The van der Waals surface area contributed by atoms with Crippen molar-refractivity contribution in [1.29, 1.82) is 0 Å². The van der Waals surface area contributed by atoms with Crippen molar-refractivity contribution in [3.8, 4) is 0 Å². The van der Waals surface area contributed by atoms with E-state index in [1.807, 2.05) is 30.3 Å². The zero-order chi connectivity index (χ0) is 9.68. The molecule has 0 amide bonds. The Morgan fingerprint density at radius 3 is 2.54 bits per heavy atom. The molecule has 1 N–H and O–H groups in total. The minimum Gasteiger partial charge on any atom is -0.478 e. The van der Waals surface area contributed by atoms with Crippen molar-refractivity contribution >= 4 is 17.7 Å². The number of carbonyl (C=O) groups is 1. The summed E-state index contributed by atoms with van der Waals surface area (Å²) < 4.78 is 0. The highest BCUT2D eigenvalue weighted by molar-refractivity contribution is 8.03. The molecule has 0 saturated carbocycles. The lowest BCUT2D eigenvalue weighted by Gasteiger charge is -1.98. The molecule has 68 valence electrons. The van der Waals surface area contributed by atoms with Gasteiger partial charge in [0.1, 0.15) is 0 Å². The first kappa shape index (κ1) is 9.86. The highest BCUT2D eigenvalue weighted by Gasteiger charge is 1.96. The molecule has 0 heterocycles. The van der Waals surface area contributed by atoms with E-state index in [2.05, 4.69) is 0 Å². The number of thioether (sulfide) groups is 1. The lowest BCUT2D eigenvalue weighted by molar-refractivity contribution is -0.131. The SMILES string of the molecule is CC(=CC(=O)O)Sc1ccccc1. The summed E-state index contributed by atoms with van der Waals surface area (Å²) in [5.74, 6) is -0.902. The van der Waals surface area contributed by atoms with Gasteiger partial charge in [-0.2, -0.15) is 0 Å². The lowest BCUT2D eigenvalue weighted by atomic mass is 10.4. The minimum absolute atomic E-state index is 0.777. The van der Waals surface area contributed by atoms with Crippen LogP contribution in [0, 0.1) is 0 Å². The van der Waals surface area contributed by atoms with Gasteiger partial charge in [0.05, 0.1) is 0 Å². The fourth-order valence-electron chi connectivity index (χ4n) is 0.878. The van der Waals surface area contributed by atoms with Gasteiger partial charge in [-0.3, -0.25) is 0 Å². The van der Waals surface area contributed by atoms with Crippen molar-refractivity contribution in [2.75, 3.05) is 0 Å². The molecule has 0 fully saturated rings. The van der Waals surface area contributed by atoms with Crippen LogP contribution in [0.25, 0.3) is 0 Å². The highest BCUT2D eigenvalue weighted by atomic mass is 32.2. The Morgan fingerprint density at radius 2 is 2.00 bits per heavy atom. The average molecular weight is 194 g/mol. The van der Waals surface area contributed by atoms with Crippen LogP contribution in [0.2, 0.25) is 0 Å². The third-order valence-corrected chi connectivity index (χ3v) is 2.30. The summed E-state index contributed by atoms with van der Waals surface area (Å²) in [5, 5.41) is 8.47. The Hall–Kier alpha value is -1.22. The Bertz CT molecular complexity index is 317. The maximum atomic E-state index is 10.3. The molecule has 0 bridgehead atoms. The molecule has 0 radical (unpaired) electrons. The van der Waals surface area contributed by atoms with Crippen molar-refractivity contribution in [3.63, 3.8) is 0 Å². The van der Waals surface area contributed by atoms with Crippen LogP contribution in [0.3, 0.4) is 0 Å². The van der Waals surface area contributed by atoms with Crippen LogP contribution < -0.4 is 0 Å². The molecular weight excluding hydrogens is 184 g/mol. The number of benzene rings is 1. The molecule has 3 heteroatoms. The Morgan fingerprint density at radius 1 is 1.38 bits per heavy atom. The molecule has 13 heavy (non-hydrogen) atoms. The molecule has 0 atom stereocenters. The number of allylic oxidation sites excluding steroid dienone is 1. The average Bonchev–Trinajstić information content (AvgIpc) is 2.04. The quantitative estimate of drug-likeness (QED) is 0.594. The molecular formula is C10H10O2S. The Kier molecular flexibility index (Phi) is 3.58. The van der Waals surface area contributed by atoms with E-state index in [0.29, 0.717) is 0 Å². The monoisotopic (exact) mass is 194 g/mol. The minimum atomic E-state index is -0.902. The van der Waals surface area contributed by atoms with E-state index >= 15 is 0 Å². The van der Waals surface area contributed by atoms with Crippen molar-refractivity contribution in [2.24, 2.45) is 0 Å². The van der Waals surface area contributed by atoms with Gasteiger partial charge in [0.2, 0.25) is 0 Å². The van der Waals surface area contributed by atoms with Crippen LogP contribution in [0.15, 0.2) is 46.2 Å². The Balaban J connectivity index is 2.65. The second-order valence-corrected chi connectivity index (χ2v) is 3.83. The summed E-state index contributed by atoms with van der Waals surface area (Å²) in [6.45, 7) is 1.78. The number of hydrogen-bond donors (Lipinski definition) is 1. The van der Waals surface area contributed by atoms with Crippen molar-refractivity contribution < 1.29 is 9.90 Å². The largest absolute Gasteiger partial charge is 0.478 e. The van der Waals surface area contributed by atoms with Gasteiger partial charge >= 0.3 is 5.97 Å². The standard InChI is InChI=1S/C10H10O2S/c1-8(7-10(11)12)13-9-5-3-2-4-6-9/h2-7H,1H3,(H,11,12). The van der Waals surface area contributed by atoms with Gasteiger partial charge in [-0.25, -0.2) is 4.79 Å². The van der Waals surface area contributed by atoms with E-state index in [9.17, 15) is 4.79 Å². The van der Waals surface area contributed by atoms with Crippen molar-refractivity contribution in [2.45, 2.75) is 11.8 Å². The van der Waals surface area contributed by atoms with Crippen LogP contribution in [0.1, 0.15) is 6.92 Å². The third kappa shape index (κ3) is 3.80. The number of hydrogen-bond acceptors (Lipinski definition) is 2. The zero-order valence-electron chi connectivity index (χ0n) is 7.23. The highest BCUT2D eigenvalue weighted by Crippen LogP contribution is 2.25. The van der Waals surface area contributed by atoms with Crippen molar-refractivity contribution in [1.82, 2.24) is 0 Å². The van der Waals surface area contributed by atoms with E-state index in [4.69, 9.17) is 5.11 Å². The fourth-order valence-corrected chi connectivity index (χ4v) is 1.70. The van der Waals surface area contributed by atoms with Crippen LogP contribution in [-0.2, 0) is 4.79 Å². The molecule has 0 aromatic heterocycles. The molecule has 0 saturated heterocycles. The maximum absolute atomic E-state index is 10.3. The molecule has 1 aromatic carbocycles. The first-order chi connectivity index (χ1) is 6.18. The van der Waals surface area contributed by atoms with Crippen LogP contribution >= 0.6 is 11.8 Å². The summed E-state index contributed by atoms with van der Waals surface area (Å²) in [4.78, 5) is 12.1. The topological polar surface area (TPSA) is 37.3 Å². The van der Waals surface area contributed by atoms with Gasteiger partial charge in [-0.1, -0.05) is 30.0 Å². The van der Waals surface area contributed by atoms with Gasteiger partial charge < -0.3 is 5.11 Å². The number of aliphatic carboxylic acids is 1. The summed E-state index contributed by atoms with van der Waals surface area (Å²) >= 11 is 1.45. The van der Waals surface area contributed by atoms with E-state index < -0.39 is 5.97 Å². The summed E-state index contributed by atoms with van der Waals surface area (Å²) in [5.41, 5.74) is 0. The molecule has 2 nitrogen and oxygen atoms in total. The van der Waals surface area contributed by atoms with E-state index in [1.165, 1.54) is 17.8 Å². The summed E-state index contributed by atoms with van der Waals surface area (Å²) in [6, 6.07) is 9.68. The van der Waals surface area contributed by atoms with Gasteiger partial charge in [0, 0.05) is 11.0 Å². The predicted molar refractivity (Wildman–Crippen MR) is 53.7 cm³/mol. The summed E-state index contributed by atoms with van der Waals surface area (Å²) in [6.07, 6.45) is 1.21. The van der Waals surface area contributed by atoms with E-state index in [-0.39, 0.29) is 0 Å². The van der Waals surface area contributed by atoms with Gasteiger partial charge in [-0.05, 0) is 24.0 Å². The normalized spacial score (nSPS) is 11.3. The predicted octanol–water partition coefficient (Wildman–Crippen LogP) is 2.77. The fraction of sp³-hybridized carbons (Fsp3) is 0.100. The van der Waals surface area contributed by atoms with Crippen LogP contribution in [0.5, 0.6) is 0 Å². The number of carboxylic acid groups (broad SMARTS) is 1. The lowest BCUT2D eigenvalue weighted by Crippen LogP contribution is -1.87. The second kappa shape index (κ2) is 4.72. The molecule has 1 rings (SSSR count). The smallest absolute Gasteiger partial charge is 0.329 e. The number of rotatable bonds is 3. The maximum Gasteiger partial charge on any atom is 0.329 e. The molecule has 1 aromatic rings. The Labute approximate surface area is 81.3 Å². The summed E-state index contributed by atoms with van der Waals surface area (Å²) in [7, 11) is 0. The first-order valence-corrected chi connectivity index (χ1v) is 4.64. The van der Waals surface area contributed by atoms with E-state index in [1.54, 1.807) is 6.92 Å². The number of carboxylic acids is 1. The van der Waals surface area contributed by atoms with Crippen molar-refractivity contribution in [3.05, 3.63) is 41.3 Å². The van der Waals surface area contributed by atoms with Gasteiger partial charge in [0.15, 0.2) is 0 Å².